The normalized spacial score (nSPS) is 14.4. The fourth-order valence-electron chi connectivity index (χ4n) is 4.69. The predicted molar refractivity (Wildman–Crippen MR) is 136 cm³/mol. The summed E-state index contributed by atoms with van der Waals surface area (Å²) < 4.78 is 2.01. The summed E-state index contributed by atoms with van der Waals surface area (Å²) in [5.41, 5.74) is 19.0. The number of aromatic nitrogens is 4. The van der Waals surface area contributed by atoms with E-state index in [1.807, 2.05) is 47.0 Å². The van der Waals surface area contributed by atoms with Crippen LogP contribution in [0.3, 0.4) is 0 Å². The van der Waals surface area contributed by atoms with Gasteiger partial charge in [-0.3, -0.25) is 4.57 Å². The molecule has 3 aromatic heterocycles. The van der Waals surface area contributed by atoms with Gasteiger partial charge in [-0.05, 0) is 73.4 Å². The van der Waals surface area contributed by atoms with Gasteiger partial charge in [0.15, 0.2) is 11.5 Å². The van der Waals surface area contributed by atoms with Crippen LogP contribution in [0.4, 0.5) is 5.82 Å². The van der Waals surface area contributed by atoms with Crippen LogP contribution in [0.15, 0.2) is 79.0 Å². The summed E-state index contributed by atoms with van der Waals surface area (Å²) in [5, 5.41) is 9.32. The molecule has 7 nitrogen and oxygen atoms in total. The Kier molecular flexibility index (Phi) is 4.83. The van der Waals surface area contributed by atoms with Crippen LogP contribution in [0.2, 0.25) is 0 Å². The first-order chi connectivity index (χ1) is 17.1. The molecule has 0 unspecified atom stereocenters. The molecule has 3 heterocycles. The van der Waals surface area contributed by atoms with Crippen LogP contribution in [-0.2, 0) is 5.54 Å². The van der Waals surface area contributed by atoms with Crippen LogP contribution >= 0.6 is 0 Å². The molecule has 0 amide bonds. The third-order valence-electron chi connectivity index (χ3n) is 6.82. The number of nitrogens with two attached hydrogens (primary N) is 2. The van der Waals surface area contributed by atoms with E-state index in [9.17, 15) is 5.26 Å². The molecule has 1 saturated carbocycles. The first kappa shape index (κ1) is 21.0. The Balaban J connectivity index is 1.56. The number of hydrogen-bond donors (Lipinski definition) is 2. The van der Waals surface area contributed by atoms with Crippen molar-refractivity contribution in [1.29, 1.82) is 5.26 Å². The second-order valence-electron chi connectivity index (χ2n) is 9.00. The molecule has 0 radical (unpaired) electrons. The van der Waals surface area contributed by atoms with Crippen molar-refractivity contribution in [3.05, 3.63) is 90.1 Å². The number of hydrogen-bond acceptors (Lipinski definition) is 6. The first-order valence-electron chi connectivity index (χ1n) is 11.6. The summed E-state index contributed by atoms with van der Waals surface area (Å²) >= 11 is 0. The molecule has 5 aromatic rings. The maximum Gasteiger partial charge on any atom is 0.165 e. The summed E-state index contributed by atoms with van der Waals surface area (Å²) in [4.78, 5) is 14.1. The zero-order valence-electron chi connectivity index (χ0n) is 19.0. The van der Waals surface area contributed by atoms with Gasteiger partial charge in [0.1, 0.15) is 11.3 Å². The minimum Gasteiger partial charge on any atom is -0.383 e. The SMILES string of the molecule is N#Cc1cccc(-c2ccc3nc(-c4cccnc4N)n(-c4ccc(C5(N)CCC5)cc4)c3n2)c1. The lowest BCUT2D eigenvalue weighted by Gasteiger charge is -2.38. The van der Waals surface area contributed by atoms with E-state index in [2.05, 4.69) is 35.3 Å². The smallest absolute Gasteiger partial charge is 0.165 e. The summed E-state index contributed by atoms with van der Waals surface area (Å²) in [6.45, 7) is 0. The zero-order valence-corrected chi connectivity index (χ0v) is 19.0. The summed E-state index contributed by atoms with van der Waals surface area (Å²) in [7, 11) is 0. The molecule has 0 bridgehead atoms. The number of imidazole rings is 1. The molecule has 1 aliphatic carbocycles. The molecule has 1 aliphatic rings. The maximum atomic E-state index is 9.32. The molecule has 7 heteroatoms. The Hall–Kier alpha value is -4.54. The van der Waals surface area contributed by atoms with Crippen LogP contribution in [0.5, 0.6) is 0 Å². The third-order valence-corrected chi connectivity index (χ3v) is 6.82. The van der Waals surface area contributed by atoms with E-state index in [0.717, 1.165) is 52.9 Å². The second kappa shape index (κ2) is 8.05. The number of fused-ring (bicyclic) bond motifs is 1. The molecule has 170 valence electrons. The minimum atomic E-state index is -0.233. The Labute approximate surface area is 202 Å². The Morgan fingerprint density at radius 1 is 0.943 bits per heavy atom. The van der Waals surface area contributed by atoms with E-state index >= 15 is 0 Å². The molecule has 4 N–H and O–H groups in total. The minimum absolute atomic E-state index is 0.233. The molecule has 0 spiro atoms. The number of nitrogens with zero attached hydrogens (tertiary/aromatic N) is 5. The van der Waals surface area contributed by atoms with Crippen molar-refractivity contribution in [2.45, 2.75) is 24.8 Å². The number of rotatable bonds is 4. The van der Waals surface area contributed by atoms with Crippen molar-refractivity contribution in [1.82, 2.24) is 19.5 Å². The number of benzene rings is 2. The van der Waals surface area contributed by atoms with Gasteiger partial charge in [0.05, 0.1) is 22.9 Å². The second-order valence-corrected chi connectivity index (χ2v) is 9.00. The van der Waals surface area contributed by atoms with E-state index in [1.165, 1.54) is 0 Å². The fraction of sp³-hybridized carbons (Fsp3) is 0.143. The van der Waals surface area contributed by atoms with Crippen molar-refractivity contribution in [3.8, 4) is 34.4 Å². The van der Waals surface area contributed by atoms with Gasteiger partial charge in [-0.15, -0.1) is 0 Å². The van der Waals surface area contributed by atoms with Crippen LogP contribution in [0.25, 0.3) is 39.5 Å². The topological polar surface area (TPSA) is 119 Å². The third kappa shape index (κ3) is 3.52. The average molecular weight is 458 g/mol. The van der Waals surface area contributed by atoms with Gasteiger partial charge in [-0.1, -0.05) is 24.3 Å². The Bertz CT molecular complexity index is 1610. The van der Waals surface area contributed by atoms with E-state index in [4.69, 9.17) is 21.4 Å². The summed E-state index contributed by atoms with van der Waals surface area (Å²) in [5.74, 6) is 1.07. The van der Waals surface area contributed by atoms with E-state index in [0.29, 0.717) is 22.9 Å². The standard InChI is InChI=1S/C28H23N7/c29-17-18-4-1-5-19(16-18)23-11-12-24-27(33-23)35(26(34-24)22-6-2-15-32-25(22)30)21-9-7-20(8-10-21)28(31)13-3-14-28/h1-2,4-12,15-16H,3,13-14,31H2,(H2,30,32). The zero-order chi connectivity index (χ0) is 24.0. The van der Waals surface area contributed by atoms with Crippen LogP contribution in [0.1, 0.15) is 30.4 Å². The first-order valence-corrected chi connectivity index (χ1v) is 11.6. The fourth-order valence-corrected chi connectivity index (χ4v) is 4.69. The average Bonchev–Trinajstić information content (AvgIpc) is 3.26. The molecule has 1 fully saturated rings. The lowest BCUT2D eigenvalue weighted by molar-refractivity contribution is 0.253. The molecule has 0 saturated heterocycles. The number of nitriles is 1. The van der Waals surface area contributed by atoms with Gasteiger partial charge in [0, 0.05) is 23.0 Å². The molecule has 6 rings (SSSR count). The van der Waals surface area contributed by atoms with Gasteiger partial charge >= 0.3 is 0 Å². The van der Waals surface area contributed by atoms with E-state index in [1.54, 1.807) is 12.3 Å². The van der Waals surface area contributed by atoms with Crippen molar-refractivity contribution in [2.75, 3.05) is 5.73 Å². The molecule has 0 atom stereocenters. The van der Waals surface area contributed by atoms with Gasteiger partial charge in [0.2, 0.25) is 0 Å². The van der Waals surface area contributed by atoms with Crippen LogP contribution in [0, 0.1) is 11.3 Å². The van der Waals surface area contributed by atoms with Gasteiger partial charge in [0.25, 0.3) is 0 Å². The van der Waals surface area contributed by atoms with Crippen molar-refractivity contribution in [3.63, 3.8) is 0 Å². The van der Waals surface area contributed by atoms with Crippen LogP contribution in [-0.4, -0.2) is 19.5 Å². The lowest BCUT2D eigenvalue weighted by Crippen LogP contribution is -2.43. The number of nitrogen functional groups attached to an aromatic ring is 1. The molecular formula is C28H23N7. The van der Waals surface area contributed by atoms with Gasteiger partial charge < -0.3 is 11.5 Å². The lowest BCUT2D eigenvalue weighted by atomic mass is 9.73. The van der Waals surface area contributed by atoms with Gasteiger partial charge in [-0.2, -0.15) is 5.26 Å². The Morgan fingerprint density at radius 2 is 1.77 bits per heavy atom. The van der Waals surface area contributed by atoms with Gasteiger partial charge in [-0.25, -0.2) is 15.0 Å². The highest BCUT2D eigenvalue weighted by atomic mass is 15.1. The monoisotopic (exact) mass is 457 g/mol. The largest absolute Gasteiger partial charge is 0.383 e. The Morgan fingerprint density at radius 3 is 2.49 bits per heavy atom. The van der Waals surface area contributed by atoms with Crippen LogP contribution < -0.4 is 11.5 Å². The summed E-state index contributed by atoms with van der Waals surface area (Å²) in [6, 6.07) is 25.6. The summed E-state index contributed by atoms with van der Waals surface area (Å²) in [6.07, 6.45) is 4.84. The van der Waals surface area contributed by atoms with E-state index < -0.39 is 0 Å². The maximum absolute atomic E-state index is 9.32. The highest BCUT2D eigenvalue weighted by molar-refractivity contribution is 5.84. The number of anilines is 1. The predicted octanol–water partition coefficient (Wildman–Crippen LogP) is 4.94. The van der Waals surface area contributed by atoms with Crippen molar-refractivity contribution in [2.24, 2.45) is 5.73 Å². The van der Waals surface area contributed by atoms with Crippen molar-refractivity contribution >= 4 is 17.0 Å². The molecule has 35 heavy (non-hydrogen) atoms. The molecule has 2 aromatic carbocycles. The molecular weight excluding hydrogens is 434 g/mol. The number of pyridine rings is 2. The highest BCUT2D eigenvalue weighted by Crippen LogP contribution is 2.39. The quantitative estimate of drug-likeness (QED) is 0.394. The highest BCUT2D eigenvalue weighted by Gasteiger charge is 2.34. The van der Waals surface area contributed by atoms with E-state index in [-0.39, 0.29) is 5.54 Å². The van der Waals surface area contributed by atoms with Crippen molar-refractivity contribution < 1.29 is 0 Å². The molecule has 0 aliphatic heterocycles.